The van der Waals surface area contributed by atoms with E-state index in [4.69, 9.17) is 18.5 Å². The van der Waals surface area contributed by atoms with E-state index in [1.54, 1.807) is 23.9 Å². The van der Waals surface area contributed by atoms with Gasteiger partial charge in [-0.15, -0.1) is 6.58 Å². The molecule has 0 aliphatic carbocycles. The van der Waals surface area contributed by atoms with Gasteiger partial charge in [0, 0.05) is 37.8 Å². The standard InChI is InChI=1S/C23H26NO6P/c1-4-17(25)14-21-19-12-13-24(31(26,28-3)30-18-8-6-5-7-9-18)15-16-10-11-20(27-2)23(29-21)22(16)19/h4-12,17,21,25H,1,13-15H2,2-3H3. The Bertz CT molecular complexity index is 1040. The highest BCUT2D eigenvalue weighted by molar-refractivity contribution is 7.51. The first-order chi connectivity index (χ1) is 15.0. The predicted molar refractivity (Wildman–Crippen MR) is 118 cm³/mol. The minimum Gasteiger partial charge on any atom is -0.493 e. The molecule has 0 spiro atoms. The molecule has 2 aliphatic rings. The number of para-hydroxylation sites is 1. The number of hydrogen-bond acceptors (Lipinski definition) is 6. The highest BCUT2D eigenvalue weighted by Gasteiger charge is 2.40. The molecule has 2 heterocycles. The monoisotopic (exact) mass is 443 g/mol. The first-order valence-corrected chi connectivity index (χ1v) is 11.5. The quantitative estimate of drug-likeness (QED) is 0.478. The summed E-state index contributed by atoms with van der Waals surface area (Å²) in [4.78, 5) is 0. The van der Waals surface area contributed by atoms with Gasteiger partial charge in [0.25, 0.3) is 0 Å². The van der Waals surface area contributed by atoms with Crippen molar-refractivity contribution in [2.24, 2.45) is 0 Å². The number of rotatable bonds is 8. The van der Waals surface area contributed by atoms with E-state index in [1.807, 2.05) is 36.4 Å². The Hall–Kier alpha value is -2.57. The zero-order valence-electron chi connectivity index (χ0n) is 17.6. The predicted octanol–water partition coefficient (Wildman–Crippen LogP) is 4.43. The first-order valence-electron chi connectivity index (χ1n) is 10.0. The van der Waals surface area contributed by atoms with Crippen molar-refractivity contribution in [3.05, 3.63) is 72.3 Å². The van der Waals surface area contributed by atoms with Crippen LogP contribution in [-0.2, 0) is 15.6 Å². The number of aliphatic hydroxyl groups is 1. The molecule has 8 heteroatoms. The van der Waals surface area contributed by atoms with Crippen LogP contribution in [0.4, 0.5) is 0 Å². The minimum absolute atomic E-state index is 0.327. The molecule has 0 saturated carbocycles. The third kappa shape index (κ3) is 4.14. The molecule has 2 aromatic rings. The molecule has 1 N–H and O–H groups in total. The van der Waals surface area contributed by atoms with Gasteiger partial charge in [-0.05, 0) is 23.8 Å². The average Bonchev–Trinajstić information content (AvgIpc) is 3.02. The molecule has 31 heavy (non-hydrogen) atoms. The van der Waals surface area contributed by atoms with Crippen LogP contribution in [0.5, 0.6) is 17.2 Å². The van der Waals surface area contributed by atoms with Crippen molar-refractivity contribution in [2.75, 3.05) is 20.8 Å². The minimum atomic E-state index is -3.62. The Balaban J connectivity index is 1.72. The molecule has 0 saturated heterocycles. The second-order valence-electron chi connectivity index (χ2n) is 7.34. The Morgan fingerprint density at radius 1 is 1.29 bits per heavy atom. The Kier molecular flexibility index (Phi) is 6.21. The van der Waals surface area contributed by atoms with Crippen LogP contribution in [0.25, 0.3) is 5.57 Å². The van der Waals surface area contributed by atoms with Crippen molar-refractivity contribution >= 4 is 13.3 Å². The summed E-state index contributed by atoms with van der Waals surface area (Å²) in [6, 6.07) is 12.7. The molecule has 3 atom stereocenters. The van der Waals surface area contributed by atoms with Gasteiger partial charge in [0.15, 0.2) is 11.5 Å². The maximum Gasteiger partial charge on any atom is 0.461 e. The molecule has 0 bridgehead atoms. The molecule has 2 aromatic carbocycles. The van der Waals surface area contributed by atoms with Crippen LogP contribution in [0, 0.1) is 0 Å². The number of hydrogen-bond donors (Lipinski definition) is 1. The second-order valence-corrected chi connectivity index (χ2v) is 9.39. The maximum absolute atomic E-state index is 13.7. The summed E-state index contributed by atoms with van der Waals surface area (Å²) in [6.07, 6.45) is 2.73. The van der Waals surface area contributed by atoms with Crippen molar-refractivity contribution in [1.82, 2.24) is 4.67 Å². The van der Waals surface area contributed by atoms with Gasteiger partial charge in [-0.1, -0.05) is 36.4 Å². The third-order valence-corrected chi connectivity index (χ3v) is 7.37. The van der Waals surface area contributed by atoms with Crippen molar-refractivity contribution in [3.63, 3.8) is 0 Å². The van der Waals surface area contributed by atoms with Crippen LogP contribution in [0.3, 0.4) is 0 Å². The number of aliphatic hydroxyl groups excluding tert-OH is 1. The lowest BCUT2D eigenvalue weighted by Crippen LogP contribution is -2.24. The van der Waals surface area contributed by atoms with Gasteiger partial charge in [-0.2, -0.15) is 4.67 Å². The summed E-state index contributed by atoms with van der Waals surface area (Å²) >= 11 is 0. The fourth-order valence-corrected chi connectivity index (χ4v) is 5.31. The Labute approximate surface area is 182 Å². The highest BCUT2D eigenvalue weighted by atomic mass is 31.2. The molecule has 0 fully saturated rings. The highest BCUT2D eigenvalue weighted by Crippen LogP contribution is 2.55. The summed E-state index contributed by atoms with van der Waals surface area (Å²) < 4.78 is 38.2. The molecular formula is C23H26NO6P. The molecule has 164 valence electrons. The number of methoxy groups -OCH3 is 1. The fourth-order valence-electron chi connectivity index (χ4n) is 3.90. The number of benzene rings is 2. The normalized spacial score (nSPS) is 20.5. The van der Waals surface area contributed by atoms with Crippen LogP contribution in [-0.4, -0.2) is 42.7 Å². The third-order valence-electron chi connectivity index (χ3n) is 5.47. The first kappa shape index (κ1) is 21.7. The van der Waals surface area contributed by atoms with Crippen molar-refractivity contribution in [3.8, 4) is 17.2 Å². The molecule has 0 amide bonds. The number of ether oxygens (including phenoxy) is 2. The van der Waals surface area contributed by atoms with Crippen LogP contribution < -0.4 is 14.0 Å². The van der Waals surface area contributed by atoms with Crippen LogP contribution in [0.15, 0.2) is 61.2 Å². The lowest BCUT2D eigenvalue weighted by atomic mass is 9.95. The Morgan fingerprint density at radius 2 is 2.06 bits per heavy atom. The molecule has 4 rings (SSSR count). The molecule has 2 aliphatic heterocycles. The van der Waals surface area contributed by atoms with E-state index in [-0.39, 0.29) is 6.10 Å². The van der Waals surface area contributed by atoms with E-state index in [0.717, 1.165) is 16.7 Å². The average molecular weight is 443 g/mol. The van der Waals surface area contributed by atoms with Gasteiger partial charge in [0.1, 0.15) is 11.9 Å². The van der Waals surface area contributed by atoms with E-state index >= 15 is 0 Å². The Morgan fingerprint density at radius 3 is 2.74 bits per heavy atom. The van der Waals surface area contributed by atoms with Crippen LogP contribution in [0.2, 0.25) is 0 Å². The van der Waals surface area contributed by atoms with Crippen molar-refractivity contribution < 1.29 is 28.2 Å². The van der Waals surface area contributed by atoms with Gasteiger partial charge in [-0.3, -0.25) is 4.52 Å². The van der Waals surface area contributed by atoms with E-state index in [9.17, 15) is 9.67 Å². The molecule has 0 radical (unpaired) electrons. The molecule has 7 nitrogen and oxygen atoms in total. The van der Waals surface area contributed by atoms with Crippen LogP contribution in [0.1, 0.15) is 17.5 Å². The summed E-state index contributed by atoms with van der Waals surface area (Å²) in [7, 11) is -0.642. The second kappa shape index (κ2) is 8.89. The smallest absolute Gasteiger partial charge is 0.461 e. The maximum atomic E-state index is 13.7. The summed E-state index contributed by atoms with van der Waals surface area (Å²) in [5, 5.41) is 10.1. The fraction of sp³-hybridized carbons (Fsp3) is 0.304. The van der Waals surface area contributed by atoms with Gasteiger partial charge < -0.3 is 19.1 Å². The van der Waals surface area contributed by atoms with E-state index in [0.29, 0.717) is 36.8 Å². The molecule has 3 unspecified atom stereocenters. The summed E-state index contributed by atoms with van der Waals surface area (Å²) in [6.45, 7) is 4.32. The van der Waals surface area contributed by atoms with Crippen molar-refractivity contribution in [1.29, 1.82) is 0 Å². The SMILES string of the molecule is C=CC(O)CC1Oc2c(OC)ccc3c2C1=CCN(P(=O)(OC)Oc1ccccc1)C3. The van der Waals surface area contributed by atoms with Gasteiger partial charge in [-0.25, -0.2) is 4.57 Å². The largest absolute Gasteiger partial charge is 0.493 e. The van der Waals surface area contributed by atoms with E-state index in [1.165, 1.54) is 13.2 Å². The number of nitrogens with zero attached hydrogens (tertiary/aromatic N) is 1. The van der Waals surface area contributed by atoms with Crippen molar-refractivity contribution in [2.45, 2.75) is 25.2 Å². The van der Waals surface area contributed by atoms with Crippen LogP contribution >= 0.6 is 7.75 Å². The topological polar surface area (TPSA) is 77.5 Å². The summed E-state index contributed by atoms with van der Waals surface area (Å²) in [5.74, 6) is 1.72. The van der Waals surface area contributed by atoms with E-state index in [2.05, 4.69) is 6.58 Å². The zero-order chi connectivity index (χ0) is 22.0. The van der Waals surface area contributed by atoms with Gasteiger partial charge in [0.05, 0.1) is 13.2 Å². The zero-order valence-corrected chi connectivity index (χ0v) is 18.5. The van der Waals surface area contributed by atoms with Gasteiger partial charge >= 0.3 is 7.75 Å². The lowest BCUT2D eigenvalue weighted by molar-refractivity contribution is 0.155. The molecular weight excluding hydrogens is 417 g/mol. The lowest BCUT2D eigenvalue weighted by Gasteiger charge is -2.28. The van der Waals surface area contributed by atoms with Gasteiger partial charge in [0.2, 0.25) is 0 Å². The van der Waals surface area contributed by atoms with E-state index < -0.39 is 13.9 Å². The summed E-state index contributed by atoms with van der Waals surface area (Å²) in [5.41, 5.74) is 2.75. The molecule has 0 aromatic heterocycles.